The van der Waals surface area contributed by atoms with Crippen LogP contribution in [0.2, 0.25) is 0 Å². The number of nitrogens with one attached hydrogen (secondary N) is 2. The molecule has 2 aromatic carbocycles. The van der Waals surface area contributed by atoms with Crippen molar-refractivity contribution in [3.63, 3.8) is 0 Å². The molecule has 1 aliphatic heterocycles. The fourth-order valence-electron chi connectivity index (χ4n) is 4.01. The maximum absolute atomic E-state index is 13.8. The Morgan fingerprint density at radius 3 is 2.23 bits per heavy atom. The van der Waals surface area contributed by atoms with Gasteiger partial charge in [0, 0.05) is 5.56 Å². The monoisotopic (exact) mass is 551 g/mol. The van der Waals surface area contributed by atoms with Gasteiger partial charge in [-0.25, -0.2) is 4.79 Å². The highest BCUT2D eigenvalue weighted by Gasteiger charge is 2.57. The second kappa shape index (κ2) is 10.8. The first-order valence-electron chi connectivity index (χ1n) is 12.1. The van der Waals surface area contributed by atoms with Gasteiger partial charge in [-0.2, -0.15) is 13.2 Å². The molecule has 3 rings (SSSR count). The highest BCUT2D eigenvalue weighted by molar-refractivity contribution is 5.97. The molecule has 9 nitrogen and oxygen atoms in total. The second-order valence-corrected chi connectivity index (χ2v) is 10.7. The van der Waals surface area contributed by atoms with Gasteiger partial charge >= 0.3 is 12.3 Å². The van der Waals surface area contributed by atoms with E-state index in [-0.39, 0.29) is 18.8 Å². The number of hydrazine groups is 1. The van der Waals surface area contributed by atoms with E-state index >= 15 is 0 Å². The van der Waals surface area contributed by atoms with Gasteiger partial charge in [-0.1, -0.05) is 30.3 Å². The van der Waals surface area contributed by atoms with E-state index in [4.69, 9.17) is 14.2 Å². The summed E-state index contributed by atoms with van der Waals surface area (Å²) in [6.07, 6.45) is -5.62. The van der Waals surface area contributed by atoms with Crippen molar-refractivity contribution in [3.8, 4) is 5.75 Å². The fraction of sp³-hybridized carbons (Fsp3) is 0.444. The smallest absolute Gasteiger partial charge is 0.419 e. The molecule has 1 heterocycles. The maximum Gasteiger partial charge on any atom is 0.419 e. The van der Waals surface area contributed by atoms with E-state index in [1.165, 1.54) is 6.92 Å². The Kier molecular flexibility index (Phi) is 8.21. The van der Waals surface area contributed by atoms with E-state index in [0.29, 0.717) is 11.6 Å². The van der Waals surface area contributed by atoms with Crippen molar-refractivity contribution < 1.29 is 41.8 Å². The number of carbonyl (C=O) groups excluding carboxylic acids is 3. The van der Waals surface area contributed by atoms with Gasteiger partial charge in [-0.15, -0.1) is 0 Å². The minimum atomic E-state index is -4.81. The number of hydrogen-bond donors (Lipinski definition) is 2. The predicted molar refractivity (Wildman–Crippen MR) is 134 cm³/mol. The van der Waals surface area contributed by atoms with Gasteiger partial charge < -0.3 is 14.2 Å². The molecular formula is C27H32F3N3O6. The third-order valence-corrected chi connectivity index (χ3v) is 5.88. The Labute approximate surface area is 224 Å². The van der Waals surface area contributed by atoms with Crippen molar-refractivity contribution in [2.75, 3.05) is 6.61 Å². The van der Waals surface area contributed by atoms with Crippen LogP contribution >= 0.6 is 0 Å². The lowest BCUT2D eigenvalue weighted by Gasteiger charge is -2.39. The molecule has 0 radical (unpaired) electrons. The Bertz CT molecular complexity index is 1230. The normalized spacial score (nSPS) is 18.8. The molecular weight excluding hydrogens is 519 g/mol. The minimum absolute atomic E-state index is 0.101. The highest BCUT2D eigenvalue weighted by Crippen LogP contribution is 2.38. The van der Waals surface area contributed by atoms with Crippen molar-refractivity contribution in [3.05, 3.63) is 65.2 Å². The van der Waals surface area contributed by atoms with E-state index < -0.39 is 52.3 Å². The van der Waals surface area contributed by atoms with Crippen molar-refractivity contribution >= 4 is 17.9 Å². The summed E-state index contributed by atoms with van der Waals surface area (Å²) >= 11 is 0. The summed E-state index contributed by atoms with van der Waals surface area (Å²) < 4.78 is 57.7. The molecule has 1 atom stereocenters. The van der Waals surface area contributed by atoms with Gasteiger partial charge in [0.25, 0.3) is 11.8 Å². The van der Waals surface area contributed by atoms with Crippen LogP contribution in [-0.4, -0.2) is 46.3 Å². The summed E-state index contributed by atoms with van der Waals surface area (Å²) in [5.41, 5.74) is -0.204. The van der Waals surface area contributed by atoms with Gasteiger partial charge in [0.1, 0.15) is 29.2 Å². The van der Waals surface area contributed by atoms with Gasteiger partial charge in [-0.05, 0) is 65.3 Å². The molecule has 3 amide bonds. The lowest BCUT2D eigenvalue weighted by Crippen LogP contribution is -2.63. The summed E-state index contributed by atoms with van der Waals surface area (Å²) in [5, 5.41) is 0. The summed E-state index contributed by atoms with van der Waals surface area (Å²) in [6.45, 7) is 9.26. The summed E-state index contributed by atoms with van der Waals surface area (Å²) in [7, 11) is 0. The Morgan fingerprint density at radius 2 is 1.64 bits per heavy atom. The van der Waals surface area contributed by atoms with Crippen LogP contribution in [0.25, 0.3) is 0 Å². The Hall–Kier alpha value is -3.80. The Balaban J connectivity index is 1.74. The van der Waals surface area contributed by atoms with Crippen LogP contribution in [0.15, 0.2) is 48.5 Å². The largest absolute Gasteiger partial charge is 0.488 e. The molecule has 1 fully saturated rings. The van der Waals surface area contributed by atoms with E-state index in [1.807, 2.05) is 0 Å². The summed E-state index contributed by atoms with van der Waals surface area (Å²) in [6, 6.07) is 11.5. The zero-order valence-electron chi connectivity index (χ0n) is 22.6. The minimum Gasteiger partial charge on any atom is -0.488 e. The summed E-state index contributed by atoms with van der Waals surface area (Å²) in [4.78, 5) is 39.8. The lowest BCUT2D eigenvalue weighted by atomic mass is 10.0. The molecule has 0 bridgehead atoms. The molecule has 39 heavy (non-hydrogen) atoms. The molecule has 0 spiro atoms. The van der Waals surface area contributed by atoms with Gasteiger partial charge in [0.05, 0.1) is 12.2 Å². The molecule has 2 N–H and O–H groups in total. The summed E-state index contributed by atoms with van der Waals surface area (Å²) in [5.74, 6) is -2.28. The molecule has 12 heteroatoms. The van der Waals surface area contributed by atoms with Crippen LogP contribution in [0.4, 0.5) is 18.0 Å². The van der Waals surface area contributed by atoms with E-state index in [0.717, 1.165) is 17.0 Å². The Morgan fingerprint density at radius 1 is 1.00 bits per heavy atom. The molecule has 0 unspecified atom stereocenters. The number of hydrogen-bond acceptors (Lipinski definition) is 6. The van der Waals surface area contributed by atoms with Crippen LogP contribution in [-0.2, 0) is 27.1 Å². The molecule has 0 saturated carbocycles. The fourth-order valence-corrected chi connectivity index (χ4v) is 4.01. The maximum atomic E-state index is 13.8. The molecule has 2 aromatic rings. The average molecular weight is 552 g/mol. The van der Waals surface area contributed by atoms with Crippen molar-refractivity contribution in [1.82, 2.24) is 15.8 Å². The molecule has 1 aliphatic rings. The first-order chi connectivity index (χ1) is 17.9. The standard InChI is InChI=1S/C27H32F3N3O6/c1-24(2,3)39-23(36)33-25(4,5)38-16-26(33,6)22(35)32-31-21(34)18-12-13-20(19(14-18)27(28,29)30)37-15-17-10-8-7-9-11-17/h7-14H,15-16H2,1-6H3,(H,31,34)(H,32,35)/t26-/m0/s1. The zero-order valence-corrected chi connectivity index (χ0v) is 22.6. The molecule has 0 aromatic heterocycles. The van der Waals surface area contributed by atoms with Crippen LogP contribution < -0.4 is 15.6 Å². The number of carbonyl (C=O) groups is 3. The number of benzene rings is 2. The SMILES string of the molecule is CC(C)(C)OC(=O)N1C(C)(C)OC[C@@]1(C)C(=O)NNC(=O)c1ccc(OCc2ccccc2)c(C(F)(F)F)c1. The van der Waals surface area contributed by atoms with Gasteiger partial charge in [0.15, 0.2) is 0 Å². The van der Waals surface area contributed by atoms with Crippen LogP contribution in [0.3, 0.4) is 0 Å². The van der Waals surface area contributed by atoms with E-state index in [2.05, 4.69) is 10.9 Å². The van der Waals surface area contributed by atoms with Crippen LogP contribution in [0.1, 0.15) is 63.0 Å². The molecule has 0 aliphatic carbocycles. The van der Waals surface area contributed by atoms with E-state index in [9.17, 15) is 27.6 Å². The first kappa shape index (κ1) is 29.8. The quantitative estimate of drug-likeness (QED) is 0.517. The van der Waals surface area contributed by atoms with Crippen LogP contribution in [0, 0.1) is 0 Å². The number of rotatable bonds is 5. The number of halogens is 3. The highest BCUT2D eigenvalue weighted by atomic mass is 19.4. The molecule has 212 valence electrons. The number of nitrogens with zero attached hydrogens (tertiary/aromatic N) is 1. The first-order valence-corrected chi connectivity index (χ1v) is 12.1. The van der Waals surface area contributed by atoms with Gasteiger partial charge in [-0.3, -0.25) is 25.3 Å². The van der Waals surface area contributed by atoms with Crippen molar-refractivity contribution in [2.45, 2.75) is 71.2 Å². The average Bonchev–Trinajstić information content (AvgIpc) is 3.09. The van der Waals surface area contributed by atoms with Crippen molar-refractivity contribution in [2.24, 2.45) is 0 Å². The second-order valence-electron chi connectivity index (χ2n) is 10.7. The van der Waals surface area contributed by atoms with E-state index in [1.54, 1.807) is 65.0 Å². The molecule has 1 saturated heterocycles. The zero-order chi connectivity index (χ0) is 29.2. The third-order valence-electron chi connectivity index (χ3n) is 5.88. The number of ether oxygens (including phenoxy) is 3. The van der Waals surface area contributed by atoms with Crippen molar-refractivity contribution in [1.29, 1.82) is 0 Å². The topological polar surface area (TPSA) is 106 Å². The number of amides is 3. The lowest BCUT2D eigenvalue weighted by molar-refractivity contribution is -0.139. The van der Waals surface area contributed by atoms with Gasteiger partial charge in [0.2, 0.25) is 0 Å². The van der Waals surface area contributed by atoms with Crippen LogP contribution in [0.5, 0.6) is 5.75 Å². The number of alkyl halides is 3. The third kappa shape index (κ3) is 6.99. The predicted octanol–water partition coefficient (Wildman–Crippen LogP) is 4.81.